The van der Waals surface area contributed by atoms with Crippen molar-refractivity contribution < 1.29 is 22.7 Å². The second-order valence-corrected chi connectivity index (χ2v) is 7.56. The monoisotopic (exact) mass is 418 g/mol. The Hall–Kier alpha value is -2.83. The third kappa shape index (κ3) is 5.01. The zero-order chi connectivity index (χ0) is 21.9. The van der Waals surface area contributed by atoms with Crippen molar-refractivity contribution in [2.75, 3.05) is 13.6 Å². The van der Waals surface area contributed by atoms with Crippen molar-refractivity contribution in [1.29, 1.82) is 0 Å². The molecule has 0 spiro atoms. The molecule has 1 aliphatic rings. The summed E-state index contributed by atoms with van der Waals surface area (Å²) < 4.78 is 43.8. The van der Waals surface area contributed by atoms with Gasteiger partial charge in [-0.3, -0.25) is 0 Å². The lowest BCUT2D eigenvalue weighted by molar-refractivity contribution is -0.137. The summed E-state index contributed by atoms with van der Waals surface area (Å²) in [5.41, 5.74) is 2.36. The highest BCUT2D eigenvalue weighted by Gasteiger charge is 2.30. The smallest absolute Gasteiger partial charge is 0.416 e. The molecule has 1 saturated heterocycles. The van der Waals surface area contributed by atoms with Crippen LogP contribution in [0.1, 0.15) is 51.9 Å². The first-order valence-electron chi connectivity index (χ1n) is 9.89. The number of benzene rings is 2. The fourth-order valence-electron chi connectivity index (χ4n) is 3.45. The first-order chi connectivity index (χ1) is 14.2. The molecule has 0 aromatic heterocycles. The van der Waals surface area contributed by atoms with E-state index in [0.717, 1.165) is 60.6 Å². The molecule has 3 rings (SSSR count). The van der Waals surface area contributed by atoms with Gasteiger partial charge in [-0.15, -0.1) is 0 Å². The van der Waals surface area contributed by atoms with E-state index in [4.69, 9.17) is 9.73 Å². The first-order valence-corrected chi connectivity index (χ1v) is 9.89. The number of alkyl halides is 3. The second kappa shape index (κ2) is 8.90. The molecule has 0 N–H and O–H groups in total. The SMILES string of the molecule is Cc1c(/N=C2\CCCCN2C)ccc(C(=O)OCc2cccc(C(F)(F)F)c2)c1C. The topological polar surface area (TPSA) is 41.9 Å². The van der Waals surface area contributed by atoms with Crippen LogP contribution in [0.4, 0.5) is 18.9 Å². The Morgan fingerprint density at radius 1 is 1.13 bits per heavy atom. The maximum atomic E-state index is 12.8. The van der Waals surface area contributed by atoms with Crippen molar-refractivity contribution in [3.63, 3.8) is 0 Å². The molecule has 2 aromatic rings. The van der Waals surface area contributed by atoms with Gasteiger partial charge < -0.3 is 9.64 Å². The Morgan fingerprint density at radius 2 is 1.90 bits per heavy atom. The van der Waals surface area contributed by atoms with Gasteiger partial charge in [0.1, 0.15) is 12.4 Å². The molecular weight excluding hydrogens is 393 g/mol. The lowest BCUT2D eigenvalue weighted by atomic mass is 10.0. The summed E-state index contributed by atoms with van der Waals surface area (Å²) in [5.74, 6) is 0.464. The highest BCUT2D eigenvalue weighted by Crippen LogP contribution is 2.30. The van der Waals surface area contributed by atoms with Gasteiger partial charge in [-0.25, -0.2) is 9.79 Å². The normalized spacial score (nSPS) is 16.1. The molecule has 4 nitrogen and oxygen atoms in total. The van der Waals surface area contributed by atoms with Crippen LogP contribution < -0.4 is 0 Å². The van der Waals surface area contributed by atoms with Crippen LogP contribution in [0.3, 0.4) is 0 Å². The number of rotatable bonds is 4. The first kappa shape index (κ1) is 21.9. The fraction of sp³-hybridized carbons (Fsp3) is 0.391. The van der Waals surface area contributed by atoms with Gasteiger partial charge in [0.15, 0.2) is 0 Å². The van der Waals surface area contributed by atoms with Crippen LogP contribution >= 0.6 is 0 Å². The highest BCUT2D eigenvalue weighted by molar-refractivity contribution is 5.93. The summed E-state index contributed by atoms with van der Waals surface area (Å²) in [6.45, 7) is 4.48. The Morgan fingerprint density at radius 3 is 2.60 bits per heavy atom. The van der Waals surface area contributed by atoms with E-state index in [1.807, 2.05) is 20.9 Å². The Balaban J connectivity index is 1.74. The molecule has 0 bridgehead atoms. The minimum absolute atomic E-state index is 0.226. The number of ether oxygens (including phenoxy) is 1. The molecule has 0 saturated carbocycles. The highest BCUT2D eigenvalue weighted by atomic mass is 19.4. The number of carbonyl (C=O) groups excluding carboxylic acids is 1. The van der Waals surface area contributed by atoms with Crippen molar-refractivity contribution in [2.24, 2.45) is 4.99 Å². The Labute approximate surface area is 174 Å². The van der Waals surface area contributed by atoms with E-state index in [1.54, 1.807) is 12.1 Å². The van der Waals surface area contributed by atoms with Crippen LogP contribution in [0.2, 0.25) is 0 Å². The van der Waals surface area contributed by atoms with Crippen molar-refractivity contribution in [3.05, 3.63) is 64.2 Å². The number of esters is 1. The predicted molar refractivity (Wildman–Crippen MR) is 110 cm³/mol. The van der Waals surface area contributed by atoms with Crippen molar-refractivity contribution in [3.8, 4) is 0 Å². The molecule has 0 unspecified atom stereocenters. The number of likely N-dealkylation sites (tertiary alicyclic amines) is 1. The largest absolute Gasteiger partial charge is 0.457 e. The summed E-state index contributed by atoms with van der Waals surface area (Å²) in [4.78, 5) is 19.5. The average Bonchev–Trinajstić information content (AvgIpc) is 2.71. The number of hydrogen-bond acceptors (Lipinski definition) is 3. The molecule has 0 atom stereocenters. The number of nitrogens with zero attached hydrogens (tertiary/aromatic N) is 2. The Kier molecular flexibility index (Phi) is 6.48. The molecule has 0 amide bonds. The minimum Gasteiger partial charge on any atom is -0.457 e. The van der Waals surface area contributed by atoms with Crippen LogP contribution in [0.15, 0.2) is 41.4 Å². The van der Waals surface area contributed by atoms with Crippen molar-refractivity contribution in [1.82, 2.24) is 4.90 Å². The van der Waals surface area contributed by atoms with E-state index in [0.29, 0.717) is 5.56 Å². The molecule has 7 heteroatoms. The van der Waals surface area contributed by atoms with E-state index >= 15 is 0 Å². The van der Waals surface area contributed by atoms with E-state index < -0.39 is 17.7 Å². The maximum Gasteiger partial charge on any atom is 0.416 e. The van der Waals surface area contributed by atoms with Crippen LogP contribution in [0, 0.1) is 13.8 Å². The number of piperidine rings is 1. The summed E-state index contributed by atoms with van der Waals surface area (Å²) >= 11 is 0. The quantitative estimate of drug-likeness (QED) is 0.587. The molecule has 0 aliphatic carbocycles. The van der Waals surface area contributed by atoms with Crippen LogP contribution in [0.25, 0.3) is 0 Å². The number of halogens is 3. The molecule has 1 heterocycles. The zero-order valence-corrected chi connectivity index (χ0v) is 17.3. The van der Waals surface area contributed by atoms with Crippen molar-refractivity contribution >= 4 is 17.5 Å². The summed E-state index contributed by atoms with van der Waals surface area (Å²) in [5, 5.41) is 0. The fourth-order valence-corrected chi connectivity index (χ4v) is 3.45. The zero-order valence-electron chi connectivity index (χ0n) is 17.3. The molecular formula is C23H25F3N2O2. The lowest BCUT2D eigenvalue weighted by Crippen LogP contribution is -2.31. The van der Waals surface area contributed by atoms with Gasteiger partial charge in [0.05, 0.1) is 16.8 Å². The number of hydrogen-bond donors (Lipinski definition) is 0. The number of amidine groups is 1. The second-order valence-electron chi connectivity index (χ2n) is 7.56. The van der Waals surface area contributed by atoms with E-state index in [9.17, 15) is 18.0 Å². The van der Waals surface area contributed by atoms with Crippen LogP contribution in [0.5, 0.6) is 0 Å². The van der Waals surface area contributed by atoms with Crippen LogP contribution in [-0.2, 0) is 17.5 Å². The van der Waals surface area contributed by atoms with Gasteiger partial charge in [-0.2, -0.15) is 13.2 Å². The maximum absolute atomic E-state index is 12.8. The minimum atomic E-state index is -4.43. The Bertz CT molecular complexity index is 967. The standard InChI is InChI=1S/C23H25F3N2O2/c1-15-16(2)20(27-21-9-4-5-12-28(21)3)11-10-19(15)22(29)30-14-17-7-6-8-18(13-17)23(24,25)26/h6-8,10-11,13H,4-5,9,12,14H2,1-3H3/b27-21+. The molecule has 2 aromatic carbocycles. The van der Waals surface area contributed by atoms with Gasteiger partial charge in [0, 0.05) is 20.0 Å². The molecule has 30 heavy (non-hydrogen) atoms. The number of aliphatic imine (C=N–C) groups is 1. The summed E-state index contributed by atoms with van der Waals surface area (Å²) in [6.07, 6.45) is -1.24. The van der Waals surface area contributed by atoms with Crippen molar-refractivity contribution in [2.45, 2.75) is 45.9 Å². The van der Waals surface area contributed by atoms with E-state index in [2.05, 4.69) is 4.90 Å². The van der Waals surface area contributed by atoms with E-state index in [1.165, 1.54) is 12.1 Å². The van der Waals surface area contributed by atoms with Gasteiger partial charge in [0.2, 0.25) is 0 Å². The van der Waals surface area contributed by atoms with Gasteiger partial charge in [-0.1, -0.05) is 12.1 Å². The van der Waals surface area contributed by atoms with Crippen LogP contribution in [-0.4, -0.2) is 30.3 Å². The third-order valence-electron chi connectivity index (χ3n) is 5.44. The predicted octanol–water partition coefficient (Wildman–Crippen LogP) is 5.82. The molecule has 1 aliphatic heterocycles. The van der Waals surface area contributed by atoms with Gasteiger partial charge >= 0.3 is 12.1 Å². The third-order valence-corrected chi connectivity index (χ3v) is 5.44. The number of carbonyl (C=O) groups is 1. The van der Waals surface area contributed by atoms with E-state index in [-0.39, 0.29) is 12.2 Å². The molecule has 0 radical (unpaired) electrons. The van der Waals surface area contributed by atoms with Gasteiger partial charge in [0.25, 0.3) is 0 Å². The molecule has 160 valence electrons. The van der Waals surface area contributed by atoms with Gasteiger partial charge in [-0.05, 0) is 67.6 Å². The summed E-state index contributed by atoms with van der Waals surface area (Å²) in [7, 11) is 2.03. The molecule has 1 fully saturated rings. The average molecular weight is 418 g/mol. The lowest BCUT2D eigenvalue weighted by Gasteiger charge is -2.26. The summed E-state index contributed by atoms with van der Waals surface area (Å²) in [6, 6.07) is 8.24.